The maximum absolute atomic E-state index is 12.0. The van der Waals surface area contributed by atoms with E-state index in [9.17, 15) is 14.4 Å². The highest BCUT2D eigenvalue weighted by Gasteiger charge is 2.12. The van der Waals surface area contributed by atoms with E-state index in [1.807, 2.05) is 42.5 Å². The van der Waals surface area contributed by atoms with Crippen LogP contribution >= 0.6 is 22.7 Å². The first-order valence-electron chi connectivity index (χ1n) is 9.03. The van der Waals surface area contributed by atoms with Crippen LogP contribution in [0.3, 0.4) is 0 Å². The van der Waals surface area contributed by atoms with Gasteiger partial charge in [0.2, 0.25) is 0 Å². The number of rotatable bonds is 8. The van der Waals surface area contributed by atoms with Crippen LogP contribution in [0.15, 0.2) is 58.1 Å². The van der Waals surface area contributed by atoms with Crippen molar-refractivity contribution in [2.24, 2.45) is 0 Å². The van der Waals surface area contributed by atoms with Gasteiger partial charge in [-0.15, -0.1) is 0 Å². The molecule has 29 heavy (non-hydrogen) atoms. The normalized spacial score (nSPS) is 11.3. The fourth-order valence-electron chi connectivity index (χ4n) is 3.04. The summed E-state index contributed by atoms with van der Waals surface area (Å²) < 4.78 is 15.5. The molecule has 0 fully saturated rings. The zero-order valence-electron chi connectivity index (χ0n) is 15.4. The molecular formula is C20H18N2O5S2. The van der Waals surface area contributed by atoms with E-state index in [0.717, 1.165) is 31.8 Å². The van der Waals surface area contributed by atoms with Crippen molar-refractivity contribution in [3.05, 3.63) is 67.9 Å². The molecule has 0 aliphatic carbocycles. The average Bonchev–Trinajstić information content (AvgIpc) is 3.20. The first kappa shape index (κ1) is 19.6. The van der Waals surface area contributed by atoms with E-state index in [2.05, 4.69) is 0 Å². The number of nitrogens with zero attached hydrogens (tertiary/aromatic N) is 2. The molecule has 0 saturated carbocycles. The van der Waals surface area contributed by atoms with Gasteiger partial charge in [0.1, 0.15) is 13.2 Å². The SMILES string of the molecule is O=C(Cn1c(=O)sc2ccccc21)OCCOCCn1c(=O)sc2ccccc21. The van der Waals surface area contributed by atoms with E-state index in [1.165, 1.54) is 15.9 Å². The highest BCUT2D eigenvalue weighted by molar-refractivity contribution is 7.16. The molecule has 0 aliphatic heterocycles. The van der Waals surface area contributed by atoms with Gasteiger partial charge in [0.25, 0.3) is 0 Å². The number of carbonyl (C=O) groups excluding carboxylic acids is 1. The van der Waals surface area contributed by atoms with Crippen molar-refractivity contribution in [3.63, 3.8) is 0 Å². The Morgan fingerprint density at radius 3 is 2.07 bits per heavy atom. The smallest absolute Gasteiger partial charge is 0.326 e. The van der Waals surface area contributed by atoms with Crippen molar-refractivity contribution in [3.8, 4) is 0 Å². The maximum Gasteiger partial charge on any atom is 0.326 e. The molecule has 0 N–H and O–H groups in total. The predicted octanol–water partition coefficient (Wildman–Crippen LogP) is 2.70. The largest absolute Gasteiger partial charge is 0.462 e. The summed E-state index contributed by atoms with van der Waals surface area (Å²) in [5, 5.41) is 0. The topological polar surface area (TPSA) is 79.5 Å². The minimum absolute atomic E-state index is 0.0188. The van der Waals surface area contributed by atoms with Crippen LogP contribution in [0.4, 0.5) is 0 Å². The average molecular weight is 431 g/mol. The van der Waals surface area contributed by atoms with Gasteiger partial charge < -0.3 is 9.47 Å². The number of ether oxygens (including phenoxy) is 2. The summed E-state index contributed by atoms with van der Waals surface area (Å²) in [6.07, 6.45) is 0. The molecule has 7 nitrogen and oxygen atoms in total. The van der Waals surface area contributed by atoms with Gasteiger partial charge in [-0.05, 0) is 24.3 Å². The Kier molecular flexibility index (Phi) is 5.89. The minimum atomic E-state index is -0.487. The van der Waals surface area contributed by atoms with Crippen LogP contribution in [0, 0.1) is 0 Å². The van der Waals surface area contributed by atoms with E-state index in [1.54, 1.807) is 10.6 Å². The van der Waals surface area contributed by atoms with Crippen LogP contribution in [-0.2, 0) is 27.4 Å². The van der Waals surface area contributed by atoms with Crippen molar-refractivity contribution in [2.75, 3.05) is 19.8 Å². The van der Waals surface area contributed by atoms with Crippen molar-refractivity contribution >= 4 is 49.1 Å². The fourth-order valence-corrected chi connectivity index (χ4v) is 4.84. The highest BCUT2D eigenvalue weighted by atomic mass is 32.1. The Hall–Kier alpha value is -2.75. The zero-order valence-corrected chi connectivity index (χ0v) is 17.0. The van der Waals surface area contributed by atoms with Crippen LogP contribution in [0.2, 0.25) is 0 Å². The lowest BCUT2D eigenvalue weighted by Crippen LogP contribution is -2.22. The number of para-hydroxylation sites is 2. The number of thiazole rings is 2. The highest BCUT2D eigenvalue weighted by Crippen LogP contribution is 2.17. The standard InChI is InChI=1S/C20H18N2O5S2/c23-18(13-22-15-6-2-4-8-17(15)29-20(22)25)27-12-11-26-10-9-21-14-5-1-3-7-16(14)28-19(21)24/h1-8H,9-13H2. The monoisotopic (exact) mass is 430 g/mol. The minimum Gasteiger partial charge on any atom is -0.462 e. The zero-order chi connectivity index (χ0) is 20.2. The van der Waals surface area contributed by atoms with Crippen LogP contribution in [-0.4, -0.2) is 34.9 Å². The van der Waals surface area contributed by atoms with E-state index in [0.29, 0.717) is 13.2 Å². The van der Waals surface area contributed by atoms with Crippen LogP contribution < -0.4 is 9.75 Å². The predicted molar refractivity (Wildman–Crippen MR) is 114 cm³/mol. The third-order valence-corrected chi connectivity index (χ3v) is 6.30. The lowest BCUT2D eigenvalue weighted by molar-refractivity contribution is -0.145. The molecule has 0 amide bonds. The quantitative estimate of drug-likeness (QED) is 0.317. The van der Waals surface area contributed by atoms with Crippen molar-refractivity contribution in [1.82, 2.24) is 9.13 Å². The van der Waals surface area contributed by atoms with Gasteiger partial charge in [0.15, 0.2) is 0 Å². The number of carbonyl (C=O) groups is 1. The Bertz CT molecular complexity index is 1270. The molecule has 0 unspecified atom stereocenters. The second kappa shape index (κ2) is 8.73. The number of fused-ring (bicyclic) bond motifs is 2. The van der Waals surface area contributed by atoms with Crippen molar-refractivity contribution in [2.45, 2.75) is 13.1 Å². The summed E-state index contributed by atoms with van der Waals surface area (Å²) in [6, 6.07) is 15.0. The molecule has 9 heteroatoms. The Labute approximate surface area is 173 Å². The van der Waals surface area contributed by atoms with Gasteiger partial charge in [0.05, 0.1) is 40.2 Å². The summed E-state index contributed by atoms with van der Waals surface area (Å²) >= 11 is 2.31. The van der Waals surface area contributed by atoms with E-state index >= 15 is 0 Å². The molecule has 4 aromatic rings. The van der Waals surface area contributed by atoms with E-state index < -0.39 is 5.97 Å². The summed E-state index contributed by atoms with van der Waals surface area (Å²) in [5.74, 6) is -0.487. The summed E-state index contributed by atoms with van der Waals surface area (Å²) in [7, 11) is 0. The van der Waals surface area contributed by atoms with Crippen LogP contribution in [0.25, 0.3) is 20.4 Å². The van der Waals surface area contributed by atoms with Gasteiger partial charge >= 0.3 is 15.7 Å². The molecule has 2 heterocycles. The molecule has 0 aliphatic rings. The Morgan fingerprint density at radius 2 is 1.38 bits per heavy atom. The molecule has 0 radical (unpaired) electrons. The van der Waals surface area contributed by atoms with E-state index in [-0.39, 0.29) is 29.5 Å². The number of benzene rings is 2. The first-order valence-corrected chi connectivity index (χ1v) is 10.7. The second-order valence-corrected chi connectivity index (χ2v) is 8.23. The Morgan fingerprint density at radius 1 is 0.793 bits per heavy atom. The lowest BCUT2D eigenvalue weighted by Gasteiger charge is -2.08. The van der Waals surface area contributed by atoms with Crippen molar-refractivity contribution < 1.29 is 14.3 Å². The van der Waals surface area contributed by atoms with Crippen LogP contribution in [0.5, 0.6) is 0 Å². The summed E-state index contributed by atoms with van der Waals surface area (Å²) in [6.45, 7) is 0.968. The van der Waals surface area contributed by atoms with E-state index in [4.69, 9.17) is 9.47 Å². The third kappa shape index (κ3) is 4.31. The number of hydrogen-bond acceptors (Lipinski definition) is 7. The molecule has 4 rings (SSSR count). The van der Waals surface area contributed by atoms with Gasteiger partial charge in [-0.1, -0.05) is 46.9 Å². The molecule has 2 aromatic carbocycles. The van der Waals surface area contributed by atoms with Gasteiger partial charge in [-0.2, -0.15) is 0 Å². The molecule has 0 atom stereocenters. The van der Waals surface area contributed by atoms with Gasteiger partial charge in [0, 0.05) is 0 Å². The third-order valence-electron chi connectivity index (χ3n) is 4.38. The summed E-state index contributed by atoms with van der Waals surface area (Å²) in [4.78, 5) is 35.9. The molecule has 150 valence electrons. The number of hydrogen-bond donors (Lipinski definition) is 0. The van der Waals surface area contributed by atoms with Gasteiger partial charge in [-0.3, -0.25) is 23.5 Å². The molecule has 0 spiro atoms. The number of esters is 1. The van der Waals surface area contributed by atoms with Crippen LogP contribution in [0.1, 0.15) is 0 Å². The molecule has 0 saturated heterocycles. The second-order valence-electron chi connectivity index (χ2n) is 6.24. The van der Waals surface area contributed by atoms with Gasteiger partial charge in [-0.25, -0.2) is 0 Å². The first-order chi connectivity index (χ1) is 14.1. The summed E-state index contributed by atoms with van der Waals surface area (Å²) in [5.41, 5.74) is 1.62. The Balaban J connectivity index is 1.23. The molecule has 2 aromatic heterocycles. The lowest BCUT2D eigenvalue weighted by atomic mass is 10.3. The molecule has 0 bridgehead atoms. The van der Waals surface area contributed by atoms with Crippen molar-refractivity contribution in [1.29, 1.82) is 0 Å². The number of aromatic nitrogens is 2. The maximum atomic E-state index is 12.0. The molecular weight excluding hydrogens is 412 g/mol. The fraction of sp³-hybridized carbons (Fsp3) is 0.250.